The molecule has 0 aromatic heterocycles. The Morgan fingerprint density at radius 1 is 0.939 bits per heavy atom. The van der Waals surface area contributed by atoms with Crippen molar-refractivity contribution in [3.63, 3.8) is 0 Å². The summed E-state index contributed by atoms with van der Waals surface area (Å²) < 4.78 is 10.9. The van der Waals surface area contributed by atoms with Gasteiger partial charge >= 0.3 is 0 Å². The lowest BCUT2D eigenvalue weighted by molar-refractivity contribution is -0.139. The molecule has 1 amide bonds. The summed E-state index contributed by atoms with van der Waals surface area (Å²) in [4.78, 5) is 28.0. The maximum absolute atomic E-state index is 13.3. The van der Waals surface area contributed by atoms with Gasteiger partial charge in [-0.15, -0.1) is 0 Å². The van der Waals surface area contributed by atoms with Gasteiger partial charge in [0.1, 0.15) is 22.8 Å². The van der Waals surface area contributed by atoms with E-state index in [-0.39, 0.29) is 16.9 Å². The smallest absolute Gasteiger partial charge is 0.295 e. The first-order valence-electron chi connectivity index (χ1n) is 11.0. The zero-order chi connectivity index (χ0) is 23.5. The van der Waals surface area contributed by atoms with Gasteiger partial charge in [-0.2, -0.15) is 0 Å². The zero-order valence-corrected chi connectivity index (χ0v) is 19.0. The fourth-order valence-electron chi connectivity index (χ4n) is 4.47. The van der Waals surface area contributed by atoms with Crippen molar-refractivity contribution in [2.45, 2.75) is 25.8 Å². The van der Waals surface area contributed by atoms with Crippen LogP contribution in [0.3, 0.4) is 0 Å². The van der Waals surface area contributed by atoms with Gasteiger partial charge in [0.2, 0.25) is 0 Å². The molecule has 0 aliphatic carbocycles. The quantitative estimate of drug-likeness (QED) is 0.312. The lowest BCUT2D eigenvalue weighted by atomic mass is 9.91. The van der Waals surface area contributed by atoms with Crippen LogP contribution in [0.2, 0.25) is 0 Å². The Kier molecular flexibility index (Phi) is 6.36. The molecule has 6 nitrogen and oxygen atoms in total. The van der Waals surface area contributed by atoms with Gasteiger partial charge in [-0.05, 0) is 34.9 Å². The van der Waals surface area contributed by atoms with Crippen molar-refractivity contribution in [3.05, 3.63) is 77.4 Å². The molecule has 3 aromatic carbocycles. The highest BCUT2D eigenvalue weighted by molar-refractivity contribution is 6.46. The van der Waals surface area contributed by atoms with Gasteiger partial charge < -0.3 is 19.5 Å². The van der Waals surface area contributed by atoms with Crippen LogP contribution in [0.4, 0.5) is 0 Å². The minimum absolute atomic E-state index is 0.0373. The monoisotopic (exact) mass is 445 g/mol. The number of hydrogen-bond donors (Lipinski definition) is 1. The van der Waals surface area contributed by atoms with Gasteiger partial charge in [-0.1, -0.05) is 61.9 Å². The number of ketones is 1. The van der Waals surface area contributed by atoms with E-state index in [4.69, 9.17) is 9.47 Å². The molecule has 1 fully saturated rings. The molecule has 1 unspecified atom stereocenters. The average Bonchev–Trinajstić information content (AvgIpc) is 3.10. The molecule has 3 aromatic rings. The summed E-state index contributed by atoms with van der Waals surface area (Å²) in [5.41, 5.74) is 1.08. The molecule has 1 N–H and O–H groups in total. The number of benzene rings is 3. The molecule has 0 bridgehead atoms. The third-order valence-corrected chi connectivity index (χ3v) is 6.08. The first-order valence-corrected chi connectivity index (χ1v) is 11.0. The lowest BCUT2D eigenvalue weighted by Gasteiger charge is -2.26. The maximum Gasteiger partial charge on any atom is 0.295 e. The standard InChI is InChI=1S/C27H27NO5/c1-4-5-16-28-24(19-13-8-11-17-10-6-7-12-18(17)19)23(26(30)27(28)31)25(29)22-20(32-2)14-9-15-21(22)33-3/h6-15,24,29H,4-5,16H2,1-3H3/b25-23+. The molecule has 33 heavy (non-hydrogen) atoms. The normalized spacial score (nSPS) is 17.5. The summed E-state index contributed by atoms with van der Waals surface area (Å²) in [5.74, 6) is -0.933. The van der Waals surface area contributed by atoms with E-state index < -0.39 is 17.7 Å². The van der Waals surface area contributed by atoms with Gasteiger partial charge in [0.15, 0.2) is 0 Å². The van der Waals surface area contributed by atoms with E-state index in [0.717, 1.165) is 29.2 Å². The number of likely N-dealkylation sites (tertiary alicyclic amines) is 1. The molecular weight excluding hydrogens is 418 g/mol. The number of fused-ring (bicyclic) bond motifs is 1. The largest absolute Gasteiger partial charge is 0.506 e. The maximum atomic E-state index is 13.3. The number of amides is 1. The first kappa shape index (κ1) is 22.4. The second kappa shape index (κ2) is 9.36. The van der Waals surface area contributed by atoms with Gasteiger partial charge in [0, 0.05) is 6.54 Å². The number of unbranched alkanes of at least 4 members (excludes halogenated alkanes) is 1. The Labute approximate surface area is 193 Å². The van der Waals surface area contributed by atoms with Crippen molar-refractivity contribution in [3.8, 4) is 11.5 Å². The number of aliphatic hydroxyl groups is 1. The van der Waals surface area contributed by atoms with Crippen molar-refractivity contribution >= 4 is 28.2 Å². The topological polar surface area (TPSA) is 76.1 Å². The highest BCUT2D eigenvalue weighted by Crippen LogP contribution is 2.44. The van der Waals surface area contributed by atoms with Gasteiger partial charge in [0.25, 0.3) is 11.7 Å². The Morgan fingerprint density at radius 3 is 2.24 bits per heavy atom. The number of aliphatic hydroxyl groups excluding tert-OH is 1. The molecule has 1 aliphatic heterocycles. The van der Waals surface area contributed by atoms with E-state index in [0.29, 0.717) is 18.0 Å². The second-order valence-corrected chi connectivity index (χ2v) is 7.95. The van der Waals surface area contributed by atoms with Crippen LogP contribution in [-0.2, 0) is 9.59 Å². The van der Waals surface area contributed by atoms with E-state index in [1.807, 2.05) is 49.4 Å². The predicted octanol–water partition coefficient (Wildman–Crippen LogP) is 5.08. The van der Waals surface area contributed by atoms with E-state index in [1.165, 1.54) is 14.2 Å². The molecule has 0 saturated carbocycles. The van der Waals surface area contributed by atoms with E-state index in [1.54, 1.807) is 23.1 Å². The van der Waals surface area contributed by atoms with Crippen molar-refractivity contribution in [1.29, 1.82) is 0 Å². The van der Waals surface area contributed by atoms with Crippen molar-refractivity contribution in [2.24, 2.45) is 0 Å². The third-order valence-electron chi connectivity index (χ3n) is 6.08. The van der Waals surface area contributed by atoms with Crippen LogP contribution in [-0.4, -0.2) is 42.5 Å². The van der Waals surface area contributed by atoms with Crippen LogP contribution in [0.15, 0.2) is 66.2 Å². The summed E-state index contributed by atoms with van der Waals surface area (Å²) in [6, 6.07) is 18.0. The average molecular weight is 446 g/mol. The number of Topliss-reactive ketones (excluding diaryl/α,β-unsaturated/α-hetero) is 1. The van der Waals surface area contributed by atoms with Gasteiger partial charge in [-0.3, -0.25) is 9.59 Å². The summed E-state index contributed by atoms with van der Waals surface area (Å²) in [6.07, 6.45) is 1.61. The van der Waals surface area contributed by atoms with E-state index in [2.05, 4.69) is 0 Å². The fraction of sp³-hybridized carbons (Fsp3) is 0.259. The molecule has 0 radical (unpaired) electrons. The third kappa shape index (κ3) is 3.82. The van der Waals surface area contributed by atoms with Crippen LogP contribution in [0, 0.1) is 0 Å². The number of hydrogen-bond acceptors (Lipinski definition) is 5. The van der Waals surface area contributed by atoms with E-state index in [9.17, 15) is 14.7 Å². The number of nitrogens with zero attached hydrogens (tertiary/aromatic N) is 1. The summed E-state index contributed by atoms with van der Waals surface area (Å²) in [7, 11) is 2.96. The second-order valence-electron chi connectivity index (χ2n) is 7.95. The lowest BCUT2D eigenvalue weighted by Crippen LogP contribution is -2.30. The molecular formula is C27H27NO5. The van der Waals surface area contributed by atoms with Crippen molar-refractivity contribution in [2.75, 3.05) is 20.8 Å². The van der Waals surface area contributed by atoms with Crippen LogP contribution < -0.4 is 9.47 Å². The Morgan fingerprint density at radius 2 is 1.58 bits per heavy atom. The Hall–Kier alpha value is -3.80. The van der Waals surface area contributed by atoms with Gasteiger partial charge in [-0.25, -0.2) is 0 Å². The summed E-state index contributed by atoms with van der Waals surface area (Å²) in [6.45, 7) is 2.44. The SMILES string of the molecule is CCCCN1C(=O)C(=O)/C(=C(/O)c2c(OC)cccc2OC)C1c1cccc2ccccc12. The minimum Gasteiger partial charge on any atom is -0.506 e. The minimum atomic E-state index is -0.725. The molecule has 1 atom stereocenters. The van der Waals surface area contributed by atoms with Crippen LogP contribution in [0.5, 0.6) is 11.5 Å². The fourth-order valence-corrected chi connectivity index (χ4v) is 4.47. The summed E-state index contributed by atoms with van der Waals surface area (Å²) in [5, 5.41) is 13.4. The van der Waals surface area contributed by atoms with Crippen molar-refractivity contribution in [1.82, 2.24) is 4.90 Å². The predicted molar refractivity (Wildman–Crippen MR) is 127 cm³/mol. The highest BCUT2D eigenvalue weighted by Gasteiger charge is 2.46. The number of rotatable bonds is 7. The number of methoxy groups -OCH3 is 2. The van der Waals surface area contributed by atoms with Crippen LogP contribution in [0.25, 0.3) is 16.5 Å². The zero-order valence-electron chi connectivity index (χ0n) is 19.0. The Balaban J connectivity index is 2.02. The number of carbonyl (C=O) groups excluding carboxylic acids is 2. The molecule has 0 spiro atoms. The van der Waals surface area contributed by atoms with Crippen LogP contribution >= 0.6 is 0 Å². The van der Waals surface area contributed by atoms with E-state index >= 15 is 0 Å². The molecule has 1 aliphatic rings. The molecule has 6 heteroatoms. The number of carbonyl (C=O) groups is 2. The molecule has 170 valence electrons. The Bertz CT molecular complexity index is 1220. The highest BCUT2D eigenvalue weighted by atomic mass is 16.5. The van der Waals surface area contributed by atoms with Crippen molar-refractivity contribution < 1.29 is 24.2 Å². The molecule has 1 saturated heterocycles. The van der Waals surface area contributed by atoms with Gasteiger partial charge in [0.05, 0.1) is 25.8 Å². The first-order chi connectivity index (χ1) is 16.0. The molecule has 1 heterocycles. The molecule has 4 rings (SSSR count). The number of ether oxygens (including phenoxy) is 2. The van der Waals surface area contributed by atoms with Crippen LogP contribution in [0.1, 0.15) is 36.9 Å². The summed E-state index contributed by atoms with van der Waals surface area (Å²) >= 11 is 0.